The van der Waals surface area contributed by atoms with Gasteiger partial charge in [-0.2, -0.15) is 0 Å². The van der Waals surface area contributed by atoms with Crippen LogP contribution in [-0.4, -0.2) is 27.6 Å². The van der Waals surface area contributed by atoms with Gasteiger partial charge in [0.1, 0.15) is 0 Å². The lowest BCUT2D eigenvalue weighted by Gasteiger charge is -1.99. The highest BCUT2D eigenvalue weighted by atomic mass is 79.9. The molecule has 0 heterocycles. The topological polar surface area (TPSA) is 57.5 Å². The Morgan fingerprint density at radius 3 is 2.38 bits per heavy atom. The zero-order valence-corrected chi connectivity index (χ0v) is 5.76. The van der Waals surface area contributed by atoms with Crippen molar-refractivity contribution in [2.24, 2.45) is 0 Å². The van der Waals surface area contributed by atoms with Gasteiger partial charge in [0, 0.05) is 5.33 Å². The number of hydrogen-bond donors (Lipinski definition) is 2. The van der Waals surface area contributed by atoms with E-state index in [1.807, 2.05) is 0 Å². The molecule has 0 aromatic carbocycles. The first-order chi connectivity index (χ1) is 3.66. The maximum atomic E-state index is 9.79. The van der Waals surface area contributed by atoms with Gasteiger partial charge in [0.25, 0.3) is 0 Å². The number of carboxylic acids is 1. The van der Waals surface area contributed by atoms with Gasteiger partial charge in [0.2, 0.25) is 0 Å². The van der Waals surface area contributed by atoms with Gasteiger partial charge in [-0.3, -0.25) is 4.79 Å². The summed E-state index contributed by atoms with van der Waals surface area (Å²) in [5, 5.41) is 17.0. The van der Waals surface area contributed by atoms with Crippen LogP contribution < -0.4 is 0 Å². The lowest BCUT2D eigenvalue weighted by Crippen LogP contribution is -2.13. The van der Waals surface area contributed by atoms with Crippen LogP contribution in [0.4, 0.5) is 0 Å². The van der Waals surface area contributed by atoms with Crippen LogP contribution in [0, 0.1) is 0 Å². The van der Waals surface area contributed by atoms with Gasteiger partial charge < -0.3 is 10.2 Å². The number of aliphatic hydroxyl groups excluding tert-OH is 1. The van der Waals surface area contributed by atoms with E-state index >= 15 is 0 Å². The van der Waals surface area contributed by atoms with Crippen molar-refractivity contribution in [1.29, 1.82) is 0 Å². The predicted octanol–water partition coefficient (Wildman–Crippen LogP) is 0.217. The number of carboxylic acid groups (broad SMARTS) is 1. The van der Waals surface area contributed by atoms with Crippen LogP contribution in [0.1, 0.15) is 6.42 Å². The van der Waals surface area contributed by atoms with Crippen LogP contribution >= 0.6 is 15.9 Å². The molecule has 0 radical (unpaired) electrons. The summed E-state index contributed by atoms with van der Waals surface area (Å²) >= 11 is 2.93. The quantitative estimate of drug-likeness (QED) is 0.615. The summed E-state index contributed by atoms with van der Waals surface area (Å²) in [4.78, 5) is 9.79. The summed E-state index contributed by atoms with van der Waals surface area (Å²) in [6.07, 6.45) is -0.946. The third kappa shape index (κ3) is 4.08. The molecule has 0 spiro atoms. The molecule has 0 rings (SSSR count). The summed E-state index contributed by atoms with van der Waals surface area (Å²) in [7, 11) is 0. The minimum atomic E-state index is -0.975. The molecular formula is C4H7BrO3. The van der Waals surface area contributed by atoms with Crippen molar-refractivity contribution in [3.05, 3.63) is 0 Å². The lowest BCUT2D eigenvalue weighted by molar-refractivity contribution is -0.138. The van der Waals surface area contributed by atoms with Crippen LogP contribution in [0.25, 0.3) is 0 Å². The molecular weight excluding hydrogens is 176 g/mol. The Morgan fingerprint density at radius 2 is 2.25 bits per heavy atom. The number of alkyl halides is 1. The molecule has 0 aliphatic rings. The average molecular weight is 183 g/mol. The molecule has 0 aromatic rings. The van der Waals surface area contributed by atoms with Crippen molar-refractivity contribution in [1.82, 2.24) is 0 Å². The Balaban J connectivity index is 3.24. The van der Waals surface area contributed by atoms with Crippen LogP contribution in [0.15, 0.2) is 0 Å². The molecule has 0 bridgehead atoms. The third-order valence-electron chi connectivity index (χ3n) is 0.588. The summed E-state index contributed by atoms with van der Waals surface area (Å²) in [5.74, 6) is -0.975. The molecule has 2 N–H and O–H groups in total. The van der Waals surface area contributed by atoms with Crippen molar-refractivity contribution >= 4 is 21.9 Å². The second-order valence-electron chi connectivity index (χ2n) is 1.41. The number of halogens is 1. The van der Waals surface area contributed by atoms with Crippen LogP contribution in [0.3, 0.4) is 0 Å². The monoisotopic (exact) mass is 182 g/mol. The van der Waals surface area contributed by atoms with Crippen LogP contribution in [0.5, 0.6) is 0 Å². The number of aliphatic hydroxyl groups is 1. The molecule has 4 heteroatoms. The fourth-order valence-electron chi connectivity index (χ4n) is 0.256. The fourth-order valence-corrected chi connectivity index (χ4v) is 0.485. The van der Waals surface area contributed by atoms with E-state index in [0.717, 1.165) is 0 Å². The molecule has 48 valence electrons. The second kappa shape index (κ2) is 3.86. The summed E-state index contributed by atoms with van der Waals surface area (Å²) < 4.78 is 0. The molecule has 3 nitrogen and oxygen atoms in total. The van der Waals surface area contributed by atoms with Gasteiger partial charge in [-0.05, 0) is 0 Å². The molecule has 0 fully saturated rings. The first-order valence-electron chi connectivity index (χ1n) is 2.12. The molecule has 0 aliphatic heterocycles. The molecule has 0 amide bonds. The summed E-state index contributed by atoms with van der Waals surface area (Å²) in [6.45, 7) is 0. The lowest BCUT2D eigenvalue weighted by atomic mass is 10.3. The Hall–Kier alpha value is -0.0900. The Morgan fingerprint density at radius 1 is 1.75 bits per heavy atom. The number of hydrogen-bond acceptors (Lipinski definition) is 2. The zero-order chi connectivity index (χ0) is 6.57. The van der Waals surface area contributed by atoms with E-state index in [1.54, 1.807) is 0 Å². The van der Waals surface area contributed by atoms with E-state index in [9.17, 15) is 4.79 Å². The van der Waals surface area contributed by atoms with Gasteiger partial charge in [0.05, 0.1) is 12.5 Å². The first-order valence-corrected chi connectivity index (χ1v) is 3.24. The van der Waals surface area contributed by atoms with Gasteiger partial charge in [-0.25, -0.2) is 0 Å². The number of rotatable bonds is 3. The Labute approximate surface area is 55.5 Å². The predicted molar refractivity (Wildman–Crippen MR) is 32.1 cm³/mol. The van der Waals surface area contributed by atoms with Crippen LogP contribution in [0.2, 0.25) is 0 Å². The van der Waals surface area contributed by atoms with Crippen molar-refractivity contribution in [2.75, 3.05) is 5.33 Å². The van der Waals surface area contributed by atoms with E-state index in [-0.39, 0.29) is 6.42 Å². The van der Waals surface area contributed by atoms with Crippen molar-refractivity contribution < 1.29 is 15.0 Å². The van der Waals surface area contributed by atoms with Gasteiger partial charge in [-0.1, -0.05) is 15.9 Å². The van der Waals surface area contributed by atoms with E-state index in [4.69, 9.17) is 10.2 Å². The van der Waals surface area contributed by atoms with Crippen molar-refractivity contribution in [3.8, 4) is 0 Å². The van der Waals surface area contributed by atoms with Crippen LogP contribution in [-0.2, 0) is 4.79 Å². The standard InChI is InChI=1S/C4H7BrO3/c5-2-3(6)1-4(7)8/h3,6H,1-2H2,(H,7,8)/t3-/m0/s1. The molecule has 0 saturated carbocycles. The average Bonchev–Trinajstić information content (AvgIpc) is 1.65. The maximum absolute atomic E-state index is 9.79. The van der Waals surface area contributed by atoms with E-state index in [1.165, 1.54) is 0 Å². The third-order valence-corrected chi connectivity index (χ3v) is 1.34. The Bertz CT molecular complexity index is 83.4. The number of carbonyl (C=O) groups is 1. The highest BCUT2D eigenvalue weighted by Crippen LogP contribution is 1.94. The van der Waals surface area contributed by atoms with Crippen molar-refractivity contribution in [2.45, 2.75) is 12.5 Å². The molecule has 0 aromatic heterocycles. The molecule has 0 aliphatic carbocycles. The van der Waals surface area contributed by atoms with Gasteiger partial charge >= 0.3 is 5.97 Å². The van der Waals surface area contributed by atoms with Gasteiger partial charge in [0.15, 0.2) is 0 Å². The summed E-state index contributed by atoms with van der Waals surface area (Å²) in [6, 6.07) is 0. The van der Waals surface area contributed by atoms with E-state index in [2.05, 4.69) is 15.9 Å². The minimum absolute atomic E-state index is 0.189. The smallest absolute Gasteiger partial charge is 0.306 e. The minimum Gasteiger partial charge on any atom is -0.481 e. The zero-order valence-electron chi connectivity index (χ0n) is 4.17. The van der Waals surface area contributed by atoms with Crippen molar-refractivity contribution in [3.63, 3.8) is 0 Å². The summed E-state index contributed by atoms with van der Waals surface area (Å²) in [5.41, 5.74) is 0. The highest BCUT2D eigenvalue weighted by molar-refractivity contribution is 9.09. The first kappa shape index (κ1) is 7.91. The Kier molecular flexibility index (Phi) is 3.81. The highest BCUT2D eigenvalue weighted by Gasteiger charge is 2.05. The van der Waals surface area contributed by atoms with E-state index < -0.39 is 12.1 Å². The molecule has 1 atom stereocenters. The SMILES string of the molecule is O=C(O)C[C@H](O)CBr. The van der Waals surface area contributed by atoms with E-state index in [0.29, 0.717) is 5.33 Å². The fraction of sp³-hybridized carbons (Fsp3) is 0.750. The van der Waals surface area contributed by atoms with Gasteiger partial charge in [-0.15, -0.1) is 0 Å². The normalized spacial score (nSPS) is 13.2. The maximum Gasteiger partial charge on any atom is 0.306 e. The number of aliphatic carboxylic acids is 1. The molecule has 0 unspecified atom stereocenters. The second-order valence-corrected chi connectivity index (χ2v) is 2.05. The molecule has 8 heavy (non-hydrogen) atoms. The largest absolute Gasteiger partial charge is 0.481 e. The molecule has 0 saturated heterocycles.